The fourth-order valence-corrected chi connectivity index (χ4v) is 6.32. The third-order valence-corrected chi connectivity index (χ3v) is 7.94. The number of benzene rings is 2. The van der Waals surface area contributed by atoms with Crippen molar-refractivity contribution < 1.29 is 14.3 Å². The summed E-state index contributed by atoms with van der Waals surface area (Å²) < 4.78 is 15.9. The standard InChI is InChI=1S/C32H33N3O4S/c1-7-17-34-21(6)24(22-13-9-11-15-25(22)34)18-27-30(36)35-29(23-14-10-12-16-26(23)39-19(3)4)28(31(37)38-8-2)20(5)33-32(35)40-27/h7,9-16,18-19,29H,1,8,17H2,2-6H3/b27-18+/t29-/m1/s1. The first kappa shape index (κ1) is 27.4. The smallest absolute Gasteiger partial charge is 0.338 e. The summed E-state index contributed by atoms with van der Waals surface area (Å²) in [6.45, 7) is 14.3. The van der Waals surface area contributed by atoms with Crippen molar-refractivity contribution in [3.05, 3.63) is 109 Å². The van der Waals surface area contributed by atoms with E-state index in [-0.39, 0.29) is 18.3 Å². The molecule has 7 nitrogen and oxygen atoms in total. The first-order valence-corrected chi connectivity index (χ1v) is 14.2. The van der Waals surface area contributed by atoms with Crippen molar-refractivity contribution in [3.8, 4) is 5.75 Å². The van der Waals surface area contributed by atoms with Crippen LogP contribution in [0.3, 0.4) is 0 Å². The molecule has 206 valence electrons. The van der Waals surface area contributed by atoms with Gasteiger partial charge in [0.25, 0.3) is 5.56 Å². The molecule has 0 bridgehead atoms. The lowest BCUT2D eigenvalue weighted by molar-refractivity contribution is -0.139. The number of allylic oxidation sites excluding steroid dienone is 2. The van der Waals surface area contributed by atoms with Crippen LogP contribution in [0.2, 0.25) is 0 Å². The summed E-state index contributed by atoms with van der Waals surface area (Å²) in [5, 5.41) is 1.06. The second kappa shape index (κ2) is 11.1. The van der Waals surface area contributed by atoms with Gasteiger partial charge in [0.05, 0.1) is 28.5 Å². The van der Waals surface area contributed by atoms with Crippen molar-refractivity contribution >= 4 is 34.3 Å². The van der Waals surface area contributed by atoms with Crippen LogP contribution in [-0.4, -0.2) is 27.8 Å². The molecule has 5 rings (SSSR count). The lowest BCUT2D eigenvalue weighted by Crippen LogP contribution is -2.40. The van der Waals surface area contributed by atoms with E-state index in [0.29, 0.717) is 38.5 Å². The van der Waals surface area contributed by atoms with Gasteiger partial charge in [-0.05, 0) is 52.8 Å². The average molecular weight is 556 g/mol. The summed E-state index contributed by atoms with van der Waals surface area (Å²) in [7, 11) is 0. The summed E-state index contributed by atoms with van der Waals surface area (Å²) in [4.78, 5) is 32.7. The second-order valence-corrected chi connectivity index (χ2v) is 10.9. The molecule has 0 saturated heterocycles. The van der Waals surface area contributed by atoms with Gasteiger partial charge in [-0.3, -0.25) is 9.36 Å². The highest BCUT2D eigenvalue weighted by Crippen LogP contribution is 2.36. The Hall–Kier alpha value is -4.17. The molecular weight excluding hydrogens is 522 g/mol. The Kier molecular flexibility index (Phi) is 7.63. The molecule has 40 heavy (non-hydrogen) atoms. The lowest BCUT2D eigenvalue weighted by Gasteiger charge is -2.26. The fourth-order valence-electron chi connectivity index (χ4n) is 5.29. The molecule has 1 aliphatic heterocycles. The van der Waals surface area contributed by atoms with Crippen LogP contribution in [0, 0.1) is 6.92 Å². The van der Waals surface area contributed by atoms with Gasteiger partial charge in [-0.25, -0.2) is 9.79 Å². The minimum absolute atomic E-state index is 0.0935. The maximum atomic E-state index is 14.2. The molecule has 1 aliphatic rings. The van der Waals surface area contributed by atoms with Gasteiger partial charge in [-0.1, -0.05) is 53.8 Å². The van der Waals surface area contributed by atoms with E-state index in [1.807, 2.05) is 62.4 Å². The van der Waals surface area contributed by atoms with Crippen molar-refractivity contribution in [1.29, 1.82) is 0 Å². The zero-order chi connectivity index (χ0) is 28.6. The van der Waals surface area contributed by atoms with Crippen LogP contribution in [-0.2, 0) is 16.1 Å². The number of thiazole rings is 1. The Labute approximate surface area is 237 Å². The van der Waals surface area contributed by atoms with E-state index >= 15 is 0 Å². The van der Waals surface area contributed by atoms with E-state index in [1.54, 1.807) is 18.4 Å². The number of fused-ring (bicyclic) bond motifs is 2. The summed E-state index contributed by atoms with van der Waals surface area (Å²) in [5.74, 6) is 0.114. The first-order chi connectivity index (χ1) is 19.3. The highest BCUT2D eigenvalue weighted by Gasteiger charge is 2.35. The van der Waals surface area contributed by atoms with Gasteiger partial charge < -0.3 is 14.0 Å². The molecule has 0 N–H and O–H groups in total. The number of carbonyl (C=O) groups excluding carboxylic acids is 1. The number of para-hydroxylation sites is 2. The molecule has 1 atom stereocenters. The van der Waals surface area contributed by atoms with Crippen LogP contribution in [0.15, 0.2) is 82.2 Å². The van der Waals surface area contributed by atoms with E-state index < -0.39 is 12.0 Å². The normalized spacial score (nSPS) is 15.3. The van der Waals surface area contributed by atoms with E-state index in [2.05, 4.69) is 30.2 Å². The zero-order valence-corrected chi connectivity index (χ0v) is 24.2. The largest absolute Gasteiger partial charge is 0.491 e. The monoisotopic (exact) mass is 555 g/mol. The molecule has 2 aromatic heterocycles. The summed E-state index contributed by atoms with van der Waals surface area (Å²) in [6, 6.07) is 14.9. The SMILES string of the molecule is C=CCn1c(C)c(/C=c2/sc3n(c2=O)[C@H](c2ccccc2OC(C)C)C(C(=O)OCC)=C(C)N=3)c2ccccc21. The van der Waals surface area contributed by atoms with E-state index in [0.717, 1.165) is 22.2 Å². The highest BCUT2D eigenvalue weighted by molar-refractivity contribution is 7.07. The Morgan fingerprint density at radius 2 is 1.88 bits per heavy atom. The van der Waals surface area contributed by atoms with E-state index in [9.17, 15) is 9.59 Å². The van der Waals surface area contributed by atoms with Crippen molar-refractivity contribution in [3.63, 3.8) is 0 Å². The number of ether oxygens (including phenoxy) is 2. The molecule has 4 aromatic rings. The third-order valence-electron chi connectivity index (χ3n) is 6.96. The van der Waals surface area contributed by atoms with Crippen molar-refractivity contribution in [1.82, 2.24) is 9.13 Å². The van der Waals surface area contributed by atoms with Crippen molar-refractivity contribution in [2.45, 2.75) is 53.3 Å². The average Bonchev–Trinajstić information content (AvgIpc) is 3.37. The molecular formula is C32H33N3O4S. The Bertz CT molecular complexity index is 1840. The van der Waals surface area contributed by atoms with Crippen molar-refractivity contribution in [2.75, 3.05) is 6.61 Å². The Balaban J connectivity index is 1.78. The maximum Gasteiger partial charge on any atom is 0.338 e. The Morgan fingerprint density at radius 1 is 1.15 bits per heavy atom. The minimum Gasteiger partial charge on any atom is -0.491 e. The number of esters is 1. The predicted octanol–water partition coefficient (Wildman–Crippen LogP) is 5.03. The number of hydrogen-bond donors (Lipinski definition) is 0. The minimum atomic E-state index is -0.740. The van der Waals surface area contributed by atoms with Crippen LogP contribution in [0.5, 0.6) is 5.75 Å². The van der Waals surface area contributed by atoms with Crippen LogP contribution >= 0.6 is 11.3 Å². The molecule has 0 fully saturated rings. The van der Waals surface area contributed by atoms with Gasteiger partial charge in [0, 0.05) is 34.3 Å². The number of hydrogen-bond acceptors (Lipinski definition) is 6. The second-order valence-electron chi connectivity index (χ2n) is 9.92. The van der Waals surface area contributed by atoms with Gasteiger partial charge in [0.1, 0.15) is 11.8 Å². The number of rotatable bonds is 8. The van der Waals surface area contributed by atoms with E-state index in [4.69, 9.17) is 14.5 Å². The van der Waals surface area contributed by atoms with E-state index in [1.165, 1.54) is 11.3 Å². The fraction of sp³-hybridized carbons (Fsp3) is 0.281. The molecule has 8 heteroatoms. The topological polar surface area (TPSA) is 74.8 Å². The molecule has 3 heterocycles. The van der Waals surface area contributed by atoms with Crippen LogP contribution in [0.25, 0.3) is 17.0 Å². The first-order valence-electron chi connectivity index (χ1n) is 13.4. The predicted molar refractivity (Wildman–Crippen MR) is 159 cm³/mol. The van der Waals surface area contributed by atoms with Gasteiger partial charge in [-0.2, -0.15) is 0 Å². The molecule has 0 unspecified atom stereocenters. The molecule has 0 saturated carbocycles. The zero-order valence-electron chi connectivity index (χ0n) is 23.4. The molecule has 2 aromatic carbocycles. The van der Waals surface area contributed by atoms with Gasteiger partial charge >= 0.3 is 5.97 Å². The van der Waals surface area contributed by atoms with Gasteiger partial charge in [0.15, 0.2) is 4.80 Å². The molecule has 0 amide bonds. The maximum absolute atomic E-state index is 14.2. The van der Waals surface area contributed by atoms with Crippen LogP contribution in [0.1, 0.15) is 50.6 Å². The number of aromatic nitrogens is 2. The quantitative estimate of drug-likeness (QED) is 0.226. The van der Waals surface area contributed by atoms with Gasteiger partial charge in [-0.15, -0.1) is 6.58 Å². The highest BCUT2D eigenvalue weighted by atomic mass is 32.1. The summed E-state index contributed by atoms with van der Waals surface area (Å²) in [5.41, 5.74) is 4.44. The van der Waals surface area contributed by atoms with Crippen LogP contribution < -0.4 is 19.6 Å². The third kappa shape index (κ3) is 4.73. The Morgan fingerprint density at radius 3 is 2.60 bits per heavy atom. The summed E-state index contributed by atoms with van der Waals surface area (Å²) in [6.07, 6.45) is 3.72. The molecule has 0 aliphatic carbocycles. The lowest BCUT2D eigenvalue weighted by atomic mass is 9.95. The molecule has 0 radical (unpaired) electrons. The van der Waals surface area contributed by atoms with Gasteiger partial charge in [0.2, 0.25) is 0 Å². The number of nitrogens with zero attached hydrogens (tertiary/aromatic N) is 3. The number of carbonyl (C=O) groups is 1. The summed E-state index contributed by atoms with van der Waals surface area (Å²) >= 11 is 1.32. The molecule has 0 spiro atoms. The van der Waals surface area contributed by atoms with Crippen molar-refractivity contribution in [2.24, 2.45) is 4.99 Å². The van der Waals surface area contributed by atoms with Crippen LogP contribution in [0.4, 0.5) is 0 Å².